The number of hydrogen-bond donors (Lipinski definition) is 1. The SMILES string of the molecule is CN(CC1CCNCC1)C1CCCC(C)(C)C1. The predicted molar refractivity (Wildman–Crippen MR) is 74.3 cm³/mol. The van der Waals surface area contributed by atoms with E-state index in [1.54, 1.807) is 0 Å². The van der Waals surface area contributed by atoms with E-state index in [2.05, 4.69) is 31.1 Å². The van der Waals surface area contributed by atoms with Gasteiger partial charge in [-0.1, -0.05) is 20.3 Å². The third kappa shape index (κ3) is 3.96. The van der Waals surface area contributed by atoms with Crippen LogP contribution < -0.4 is 5.32 Å². The number of rotatable bonds is 3. The summed E-state index contributed by atoms with van der Waals surface area (Å²) in [6.07, 6.45) is 8.42. The highest BCUT2D eigenvalue weighted by Crippen LogP contribution is 2.37. The molecule has 2 rings (SSSR count). The molecule has 0 spiro atoms. The highest BCUT2D eigenvalue weighted by Gasteiger charge is 2.30. The fraction of sp³-hybridized carbons (Fsp3) is 1.00. The molecule has 17 heavy (non-hydrogen) atoms. The Hall–Kier alpha value is -0.0800. The molecule has 100 valence electrons. The second-order valence-electron chi connectivity index (χ2n) is 7.05. The summed E-state index contributed by atoms with van der Waals surface area (Å²) >= 11 is 0. The molecule has 2 heteroatoms. The molecule has 1 N–H and O–H groups in total. The van der Waals surface area contributed by atoms with E-state index in [0.29, 0.717) is 5.41 Å². The summed E-state index contributed by atoms with van der Waals surface area (Å²) in [6, 6.07) is 0.841. The van der Waals surface area contributed by atoms with Crippen molar-refractivity contribution in [3.8, 4) is 0 Å². The molecule has 0 amide bonds. The summed E-state index contributed by atoms with van der Waals surface area (Å²) in [5, 5.41) is 3.46. The molecule has 1 unspecified atom stereocenters. The molecule has 0 aromatic carbocycles. The Balaban J connectivity index is 1.80. The third-order valence-corrected chi connectivity index (χ3v) is 4.81. The van der Waals surface area contributed by atoms with E-state index in [9.17, 15) is 0 Å². The van der Waals surface area contributed by atoms with Gasteiger partial charge >= 0.3 is 0 Å². The number of piperidine rings is 1. The average Bonchev–Trinajstić information content (AvgIpc) is 2.29. The van der Waals surface area contributed by atoms with Crippen molar-refractivity contribution < 1.29 is 0 Å². The second-order valence-corrected chi connectivity index (χ2v) is 7.05. The van der Waals surface area contributed by atoms with E-state index in [4.69, 9.17) is 0 Å². The Morgan fingerprint density at radius 3 is 2.53 bits per heavy atom. The molecular weight excluding hydrogens is 208 g/mol. The Morgan fingerprint density at radius 2 is 1.88 bits per heavy atom. The highest BCUT2D eigenvalue weighted by atomic mass is 15.1. The zero-order valence-electron chi connectivity index (χ0n) is 12.0. The van der Waals surface area contributed by atoms with Crippen LogP contribution in [0.3, 0.4) is 0 Å². The van der Waals surface area contributed by atoms with Gasteiger partial charge in [0, 0.05) is 12.6 Å². The minimum Gasteiger partial charge on any atom is -0.317 e. The predicted octanol–water partition coefficient (Wildman–Crippen LogP) is 2.89. The first-order chi connectivity index (χ1) is 8.07. The van der Waals surface area contributed by atoms with Crippen molar-refractivity contribution in [3.63, 3.8) is 0 Å². The lowest BCUT2D eigenvalue weighted by molar-refractivity contribution is 0.0967. The van der Waals surface area contributed by atoms with Gasteiger partial charge in [0.05, 0.1) is 0 Å². The maximum absolute atomic E-state index is 3.46. The van der Waals surface area contributed by atoms with Gasteiger partial charge in [-0.15, -0.1) is 0 Å². The summed E-state index contributed by atoms with van der Waals surface area (Å²) in [4.78, 5) is 2.66. The van der Waals surface area contributed by atoms with Crippen LogP contribution in [0.15, 0.2) is 0 Å². The number of hydrogen-bond acceptors (Lipinski definition) is 2. The first kappa shape index (κ1) is 13.4. The van der Waals surface area contributed by atoms with Crippen molar-refractivity contribution in [2.45, 2.75) is 58.4 Å². The van der Waals surface area contributed by atoms with Crippen LogP contribution in [0.4, 0.5) is 0 Å². The molecule has 0 aromatic rings. The Bertz CT molecular complexity index is 231. The van der Waals surface area contributed by atoms with E-state index < -0.39 is 0 Å². The zero-order valence-corrected chi connectivity index (χ0v) is 12.0. The van der Waals surface area contributed by atoms with Crippen molar-refractivity contribution in [2.75, 3.05) is 26.7 Å². The Morgan fingerprint density at radius 1 is 1.18 bits per heavy atom. The normalized spacial score (nSPS) is 30.7. The summed E-state index contributed by atoms with van der Waals surface area (Å²) in [6.45, 7) is 8.67. The fourth-order valence-corrected chi connectivity index (χ4v) is 3.66. The van der Waals surface area contributed by atoms with Crippen molar-refractivity contribution in [3.05, 3.63) is 0 Å². The van der Waals surface area contributed by atoms with Gasteiger partial charge in [0.2, 0.25) is 0 Å². The molecule has 0 aromatic heterocycles. The first-order valence-corrected chi connectivity index (χ1v) is 7.48. The molecule has 2 nitrogen and oxygen atoms in total. The third-order valence-electron chi connectivity index (χ3n) is 4.81. The average molecular weight is 238 g/mol. The van der Waals surface area contributed by atoms with Crippen LogP contribution >= 0.6 is 0 Å². The summed E-state index contributed by atoms with van der Waals surface area (Å²) in [7, 11) is 2.36. The molecule has 1 saturated heterocycles. The minimum absolute atomic E-state index is 0.575. The van der Waals surface area contributed by atoms with Gasteiger partial charge in [0.15, 0.2) is 0 Å². The zero-order chi connectivity index (χ0) is 12.3. The first-order valence-electron chi connectivity index (χ1n) is 7.48. The molecule has 1 saturated carbocycles. The Labute approximate surface area is 107 Å². The molecule has 1 aliphatic heterocycles. The van der Waals surface area contributed by atoms with E-state index in [-0.39, 0.29) is 0 Å². The van der Waals surface area contributed by atoms with Crippen molar-refractivity contribution in [1.29, 1.82) is 0 Å². The van der Waals surface area contributed by atoms with Gasteiger partial charge in [-0.3, -0.25) is 0 Å². The van der Waals surface area contributed by atoms with Gasteiger partial charge < -0.3 is 10.2 Å². The molecule has 0 bridgehead atoms. The maximum atomic E-state index is 3.46. The summed E-state index contributed by atoms with van der Waals surface area (Å²) in [5.74, 6) is 0.936. The second kappa shape index (κ2) is 5.71. The van der Waals surface area contributed by atoms with Crippen LogP contribution in [0, 0.1) is 11.3 Å². The quantitative estimate of drug-likeness (QED) is 0.813. The van der Waals surface area contributed by atoms with Gasteiger partial charge in [0.1, 0.15) is 0 Å². The lowest BCUT2D eigenvalue weighted by Crippen LogP contribution is -2.42. The van der Waals surface area contributed by atoms with E-state index in [0.717, 1.165) is 12.0 Å². The standard InChI is InChI=1S/C15H30N2/c1-15(2)8-4-5-14(11-15)17(3)12-13-6-9-16-10-7-13/h13-14,16H,4-12H2,1-3H3. The largest absolute Gasteiger partial charge is 0.317 e. The summed E-state index contributed by atoms with van der Waals surface area (Å²) < 4.78 is 0. The van der Waals surface area contributed by atoms with Crippen LogP contribution in [0.5, 0.6) is 0 Å². The maximum Gasteiger partial charge on any atom is 0.00974 e. The monoisotopic (exact) mass is 238 g/mol. The van der Waals surface area contributed by atoms with Crippen LogP contribution in [-0.4, -0.2) is 37.6 Å². The molecule has 2 aliphatic rings. The van der Waals surface area contributed by atoms with Crippen molar-refractivity contribution in [2.24, 2.45) is 11.3 Å². The number of nitrogens with zero attached hydrogens (tertiary/aromatic N) is 1. The van der Waals surface area contributed by atoms with Gasteiger partial charge in [-0.05, 0) is 63.6 Å². The van der Waals surface area contributed by atoms with Crippen molar-refractivity contribution >= 4 is 0 Å². The molecule has 1 aliphatic carbocycles. The van der Waals surface area contributed by atoms with Gasteiger partial charge in [-0.25, -0.2) is 0 Å². The van der Waals surface area contributed by atoms with E-state index >= 15 is 0 Å². The fourth-order valence-electron chi connectivity index (χ4n) is 3.66. The van der Waals surface area contributed by atoms with Crippen LogP contribution in [0.25, 0.3) is 0 Å². The van der Waals surface area contributed by atoms with E-state index in [1.165, 1.54) is 58.2 Å². The van der Waals surface area contributed by atoms with Crippen LogP contribution in [0.1, 0.15) is 52.4 Å². The molecule has 2 fully saturated rings. The lowest BCUT2D eigenvalue weighted by atomic mass is 9.74. The lowest BCUT2D eigenvalue weighted by Gasteiger charge is -2.41. The molecule has 1 atom stereocenters. The molecular formula is C15H30N2. The van der Waals surface area contributed by atoms with E-state index in [1.807, 2.05) is 0 Å². The van der Waals surface area contributed by atoms with Crippen LogP contribution in [0.2, 0.25) is 0 Å². The topological polar surface area (TPSA) is 15.3 Å². The van der Waals surface area contributed by atoms with Gasteiger partial charge in [-0.2, -0.15) is 0 Å². The highest BCUT2D eigenvalue weighted by molar-refractivity contribution is 4.85. The Kier molecular flexibility index (Phi) is 4.48. The molecule has 0 radical (unpaired) electrons. The molecule has 1 heterocycles. The minimum atomic E-state index is 0.575. The van der Waals surface area contributed by atoms with Gasteiger partial charge in [0.25, 0.3) is 0 Å². The van der Waals surface area contributed by atoms with Crippen molar-refractivity contribution in [1.82, 2.24) is 10.2 Å². The van der Waals surface area contributed by atoms with Crippen LogP contribution in [-0.2, 0) is 0 Å². The summed E-state index contributed by atoms with van der Waals surface area (Å²) in [5.41, 5.74) is 0.575. The smallest absolute Gasteiger partial charge is 0.00974 e. The number of nitrogens with one attached hydrogen (secondary N) is 1.